The number of aliphatic hydroxyl groups excluding tert-OH is 1. The van der Waals surface area contributed by atoms with Crippen molar-refractivity contribution in [2.24, 2.45) is 0 Å². The summed E-state index contributed by atoms with van der Waals surface area (Å²) < 4.78 is 19.3. The molecule has 0 aliphatic carbocycles. The zero-order valence-electron chi connectivity index (χ0n) is 10.7. The van der Waals surface area contributed by atoms with Crippen LogP contribution in [0, 0.1) is 5.82 Å². The van der Waals surface area contributed by atoms with E-state index in [4.69, 9.17) is 4.74 Å². The van der Waals surface area contributed by atoms with Crippen LogP contribution in [0.1, 0.15) is 5.56 Å². The number of morpholine rings is 1. The van der Waals surface area contributed by atoms with Crippen LogP contribution in [0.5, 0.6) is 0 Å². The van der Waals surface area contributed by atoms with Crippen molar-refractivity contribution in [2.75, 3.05) is 31.7 Å². The van der Waals surface area contributed by atoms with Crippen LogP contribution >= 0.6 is 0 Å². The van der Waals surface area contributed by atoms with Gasteiger partial charge in [-0.1, -0.05) is 12.1 Å². The predicted octanol–water partition coefficient (Wildman–Crippen LogP) is 0.269. The molecule has 1 aromatic carbocycles. The Bertz CT molecular complexity index is 467. The van der Waals surface area contributed by atoms with Crippen molar-refractivity contribution >= 4 is 11.6 Å². The number of carbonyl (C=O) groups is 1. The van der Waals surface area contributed by atoms with Crippen LogP contribution in [0.4, 0.5) is 10.1 Å². The number of rotatable bonds is 3. The molecule has 2 N–H and O–H groups in total. The fraction of sp³-hybridized carbons (Fsp3) is 0.462. The van der Waals surface area contributed by atoms with Gasteiger partial charge >= 0.3 is 0 Å². The standard InChI is InChI=1S/C13H17FN2O3/c1-15-13(18)11-8-19-6-5-16(11)12-9(7-17)3-2-4-10(12)14/h2-4,11,17H,5-8H2,1H3,(H,15,18). The number of para-hydroxylation sites is 1. The number of halogens is 1. The third-order valence-electron chi connectivity index (χ3n) is 3.21. The van der Waals surface area contributed by atoms with E-state index < -0.39 is 11.9 Å². The van der Waals surface area contributed by atoms with Crippen LogP contribution in [-0.4, -0.2) is 43.9 Å². The molecule has 0 spiro atoms. The van der Waals surface area contributed by atoms with Gasteiger partial charge in [-0.05, 0) is 6.07 Å². The Morgan fingerprint density at radius 3 is 3.11 bits per heavy atom. The van der Waals surface area contributed by atoms with E-state index in [0.29, 0.717) is 18.7 Å². The van der Waals surface area contributed by atoms with Crippen molar-refractivity contribution in [1.29, 1.82) is 0 Å². The lowest BCUT2D eigenvalue weighted by Crippen LogP contribution is -2.54. The van der Waals surface area contributed by atoms with Gasteiger partial charge in [0, 0.05) is 19.2 Å². The average molecular weight is 268 g/mol. The smallest absolute Gasteiger partial charge is 0.244 e. The van der Waals surface area contributed by atoms with Gasteiger partial charge in [-0.25, -0.2) is 4.39 Å². The SMILES string of the molecule is CNC(=O)C1COCCN1c1c(F)cccc1CO. The molecule has 1 aliphatic rings. The van der Waals surface area contributed by atoms with E-state index in [-0.39, 0.29) is 24.8 Å². The van der Waals surface area contributed by atoms with Crippen LogP contribution in [-0.2, 0) is 16.1 Å². The van der Waals surface area contributed by atoms with E-state index in [1.165, 1.54) is 13.1 Å². The Kier molecular flexibility index (Phi) is 4.34. The quantitative estimate of drug-likeness (QED) is 0.826. The Labute approximate surface area is 111 Å². The van der Waals surface area contributed by atoms with Crippen LogP contribution in [0.15, 0.2) is 18.2 Å². The van der Waals surface area contributed by atoms with Crippen LogP contribution in [0.25, 0.3) is 0 Å². The molecule has 1 heterocycles. The fourth-order valence-corrected chi connectivity index (χ4v) is 2.26. The van der Waals surface area contributed by atoms with Crippen molar-refractivity contribution in [3.63, 3.8) is 0 Å². The van der Waals surface area contributed by atoms with Crippen LogP contribution < -0.4 is 10.2 Å². The van der Waals surface area contributed by atoms with E-state index in [9.17, 15) is 14.3 Å². The molecule has 104 valence electrons. The molecule has 1 aliphatic heterocycles. The van der Waals surface area contributed by atoms with E-state index >= 15 is 0 Å². The van der Waals surface area contributed by atoms with Crippen LogP contribution in [0.2, 0.25) is 0 Å². The molecule has 1 aromatic rings. The number of hydrogen-bond donors (Lipinski definition) is 2. The molecule has 6 heteroatoms. The van der Waals surface area contributed by atoms with Gasteiger partial charge in [0.05, 0.1) is 25.5 Å². The molecule has 0 bridgehead atoms. The summed E-state index contributed by atoms with van der Waals surface area (Å²) in [7, 11) is 1.53. The van der Waals surface area contributed by atoms with E-state index in [1.54, 1.807) is 17.0 Å². The topological polar surface area (TPSA) is 61.8 Å². The van der Waals surface area contributed by atoms with Gasteiger partial charge in [0.2, 0.25) is 5.91 Å². The first-order chi connectivity index (χ1) is 9.19. The highest BCUT2D eigenvalue weighted by molar-refractivity contribution is 5.85. The molecule has 5 nitrogen and oxygen atoms in total. The van der Waals surface area contributed by atoms with Gasteiger partial charge < -0.3 is 20.1 Å². The zero-order valence-corrected chi connectivity index (χ0v) is 10.7. The number of carbonyl (C=O) groups excluding carboxylic acids is 1. The minimum absolute atomic E-state index is 0.207. The summed E-state index contributed by atoms with van der Waals surface area (Å²) >= 11 is 0. The van der Waals surface area contributed by atoms with Crippen molar-refractivity contribution in [2.45, 2.75) is 12.6 Å². The summed E-state index contributed by atoms with van der Waals surface area (Å²) in [6, 6.07) is 3.93. The number of aliphatic hydroxyl groups is 1. The largest absolute Gasteiger partial charge is 0.392 e. The van der Waals surface area contributed by atoms with Gasteiger partial charge in [-0.3, -0.25) is 4.79 Å². The molecule has 1 unspecified atom stereocenters. The second-order valence-electron chi connectivity index (χ2n) is 4.30. The first-order valence-electron chi connectivity index (χ1n) is 6.13. The molecular formula is C13H17FN2O3. The second-order valence-corrected chi connectivity index (χ2v) is 4.30. The molecule has 1 saturated heterocycles. The zero-order chi connectivity index (χ0) is 13.8. The van der Waals surface area contributed by atoms with Gasteiger partial charge in [0.1, 0.15) is 11.9 Å². The van der Waals surface area contributed by atoms with Gasteiger partial charge in [0.25, 0.3) is 0 Å². The highest BCUT2D eigenvalue weighted by Gasteiger charge is 2.31. The van der Waals surface area contributed by atoms with Crippen molar-refractivity contribution in [3.05, 3.63) is 29.6 Å². The first kappa shape index (κ1) is 13.8. The molecule has 0 radical (unpaired) electrons. The minimum atomic E-state index is -0.582. The summed E-state index contributed by atoms with van der Waals surface area (Å²) in [5, 5.41) is 11.9. The monoisotopic (exact) mass is 268 g/mol. The lowest BCUT2D eigenvalue weighted by atomic mass is 10.1. The van der Waals surface area contributed by atoms with Crippen molar-refractivity contribution in [1.82, 2.24) is 5.32 Å². The van der Waals surface area contributed by atoms with Crippen molar-refractivity contribution < 1.29 is 19.0 Å². The predicted molar refractivity (Wildman–Crippen MR) is 68.3 cm³/mol. The Hall–Kier alpha value is -1.66. The number of anilines is 1. The molecule has 1 fully saturated rings. The van der Waals surface area contributed by atoms with Crippen molar-refractivity contribution in [3.8, 4) is 0 Å². The second kappa shape index (κ2) is 5.99. The number of benzene rings is 1. The lowest BCUT2D eigenvalue weighted by Gasteiger charge is -2.37. The Balaban J connectivity index is 2.40. The third-order valence-corrected chi connectivity index (χ3v) is 3.21. The molecule has 19 heavy (non-hydrogen) atoms. The highest BCUT2D eigenvalue weighted by Crippen LogP contribution is 2.27. The number of nitrogens with one attached hydrogen (secondary N) is 1. The molecular weight excluding hydrogens is 251 g/mol. The Morgan fingerprint density at radius 1 is 1.63 bits per heavy atom. The number of hydrogen-bond acceptors (Lipinski definition) is 4. The van der Waals surface area contributed by atoms with Gasteiger partial charge in [-0.15, -0.1) is 0 Å². The molecule has 2 rings (SSSR count). The highest BCUT2D eigenvalue weighted by atomic mass is 19.1. The summed E-state index contributed by atoms with van der Waals surface area (Å²) in [4.78, 5) is 13.5. The maximum atomic E-state index is 14.0. The number of likely N-dealkylation sites (N-methyl/N-ethyl adjacent to an activating group) is 1. The van der Waals surface area contributed by atoms with Gasteiger partial charge in [0.15, 0.2) is 0 Å². The van der Waals surface area contributed by atoms with E-state index in [1.807, 2.05) is 0 Å². The maximum absolute atomic E-state index is 14.0. The normalized spacial score (nSPS) is 19.3. The summed E-state index contributed by atoms with van der Waals surface area (Å²) in [6.45, 7) is 0.766. The van der Waals surface area contributed by atoms with Gasteiger partial charge in [-0.2, -0.15) is 0 Å². The van der Waals surface area contributed by atoms with E-state index in [0.717, 1.165) is 0 Å². The number of amides is 1. The molecule has 1 atom stereocenters. The molecule has 0 saturated carbocycles. The first-order valence-corrected chi connectivity index (χ1v) is 6.13. The van der Waals surface area contributed by atoms with E-state index in [2.05, 4.69) is 5.32 Å². The average Bonchev–Trinajstić information content (AvgIpc) is 2.46. The fourth-order valence-electron chi connectivity index (χ4n) is 2.26. The molecule has 1 amide bonds. The van der Waals surface area contributed by atoms with Crippen LogP contribution in [0.3, 0.4) is 0 Å². The summed E-state index contributed by atoms with van der Waals surface area (Å²) in [6.07, 6.45) is 0. The maximum Gasteiger partial charge on any atom is 0.244 e. The third kappa shape index (κ3) is 2.69. The lowest BCUT2D eigenvalue weighted by molar-refractivity contribution is -0.124. The number of nitrogens with zero attached hydrogens (tertiary/aromatic N) is 1. The summed E-state index contributed by atoms with van der Waals surface area (Å²) in [5.41, 5.74) is 0.748. The molecule has 0 aromatic heterocycles. The number of ether oxygens (including phenoxy) is 1. The Morgan fingerprint density at radius 2 is 2.42 bits per heavy atom. The minimum Gasteiger partial charge on any atom is -0.392 e. The summed E-state index contributed by atoms with van der Waals surface area (Å²) in [5.74, 6) is -0.672.